The first-order chi connectivity index (χ1) is 11.1. The lowest BCUT2D eigenvalue weighted by Crippen LogP contribution is -2.28. The molecule has 2 aliphatic rings. The highest BCUT2D eigenvalue weighted by Gasteiger charge is 2.20. The third kappa shape index (κ3) is 1.98. The summed E-state index contributed by atoms with van der Waals surface area (Å²) in [6, 6.07) is 13.7. The predicted molar refractivity (Wildman–Crippen MR) is 84.0 cm³/mol. The molecule has 2 heterocycles. The van der Waals surface area contributed by atoms with Crippen molar-refractivity contribution >= 4 is 11.0 Å². The Morgan fingerprint density at radius 2 is 1.70 bits per heavy atom. The standard InChI is InChI=1S/C16H10N4O3/c21-12-8-4-3-7-11(12)20-10-6-2-1-5-9(10)17-13-14(20)18-16(23)19-15(13)22/h1-8,21H,(H,19,22,23). The number of aromatic amines is 1. The van der Waals surface area contributed by atoms with Gasteiger partial charge in [-0.25, -0.2) is 9.78 Å². The number of para-hydroxylation sites is 4. The van der Waals surface area contributed by atoms with Crippen LogP contribution in [-0.2, 0) is 0 Å². The molecular weight excluding hydrogens is 296 g/mol. The monoisotopic (exact) mass is 306 g/mol. The topological polar surface area (TPSA) is 101 Å². The Morgan fingerprint density at radius 1 is 0.957 bits per heavy atom. The molecule has 2 aromatic rings. The lowest BCUT2D eigenvalue weighted by molar-refractivity contribution is 0.472. The van der Waals surface area contributed by atoms with E-state index in [1.807, 2.05) is 0 Å². The fourth-order valence-corrected chi connectivity index (χ4v) is 2.57. The minimum Gasteiger partial charge on any atom is -0.506 e. The summed E-state index contributed by atoms with van der Waals surface area (Å²) in [4.78, 5) is 34.0. The molecule has 2 aliphatic heterocycles. The molecule has 0 atom stereocenters. The Hall–Kier alpha value is -3.48. The molecule has 0 radical (unpaired) electrons. The molecule has 0 fully saturated rings. The van der Waals surface area contributed by atoms with Crippen LogP contribution in [0.1, 0.15) is 0 Å². The van der Waals surface area contributed by atoms with E-state index in [2.05, 4.69) is 15.0 Å². The van der Waals surface area contributed by atoms with Gasteiger partial charge >= 0.3 is 5.69 Å². The first-order valence-electron chi connectivity index (χ1n) is 6.85. The van der Waals surface area contributed by atoms with Gasteiger partial charge in [0.15, 0.2) is 11.5 Å². The third-order valence-corrected chi connectivity index (χ3v) is 3.54. The fourth-order valence-electron chi connectivity index (χ4n) is 2.57. The highest BCUT2D eigenvalue weighted by molar-refractivity contribution is 5.82. The number of benzene rings is 2. The van der Waals surface area contributed by atoms with Gasteiger partial charge in [0, 0.05) is 0 Å². The van der Waals surface area contributed by atoms with Crippen molar-refractivity contribution in [1.29, 1.82) is 0 Å². The normalized spacial score (nSPS) is 11.1. The van der Waals surface area contributed by atoms with Gasteiger partial charge in [-0.1, -0.05) is 24.3 Å². The van der Waals surface area contributed by atoms with Crippen LogP contribution in [0.15, 0.2) is 58.1 Å². The molecule has 7 heteroatoms. The van der Waals surface area contributed by atoms with E-state index >= 15 is 0 Å². The minimum atomic E-state index is -0.760. The zero-order valence-corrected chi connectivity index (χ0v) is 11.7. The van der Waals surface area contributed by atoms with Crippen LogP contribution >= 0.6 is 0 Å². The number of nitrogens with one attached hydrogen (secondary N) is 1. The molecule has 7 nitrogen and oxygen atoms in total. The number of aromatic hydroxyl groups is 1. The van der Waals surface area contributed by atoms with E-state index in [9.17, 15) is 14.7 Å². The van der Waals surface area contributed by atoms with Crippen molar-refractivity contribution in [3.05, 3.63) is 69.4 Å². The van der Waals surface area contributed by atoms with Gasteiger partial charge in [-0.3, -0.25) is 14.3 Å². The van der Waals surface area contributed by atoms with Crippen molar-refractivity contribution in [3.63, 3.8) is 0 Å². The minimum absolute atomic E-state index is 0.00434. The smallest absolute Gasteiger partial charge is 0.349 e. The van der Waals surface area contributed by atoms with E-state index < -0.39 is 11.2 Å². The van der Waals surface area contributed by atoms with Crippen LogP contribution in [0.2, 0.25) is 0 Å². The molecule has 0 aliphatic carbocycles. The van der Waals surface area contributed by atoms with Gasteiger partial charge < -0.3 is 5.11 Å². The van der Waals surface area contributed by atoms with Crippen molar-refractivity contribution in [1.82, 2.24) is 19.5 Å². The number of phenols is 1. The van der Waals surface area contributed by atoms with E-state index in [0.717, 1.165) is 0 Å². The Balaban J connectivity index is 2.29. The number of rotatable bonds is 1. The molecule has 4 rings (SSSR count). The summed E-state index contributed by atoms with van der Waals surface area (Å²) in [6.45, 7) is 0. The van der Waals surface area contributed by atoms with Gasteiger partial charge in [-0.2, -0.15) is 4.98 Å². The predicted octanol–water partition coefficient (Wildman–Crippen LogP) is 1.28. The average molecular weight is 306 g/mol. The molecule has 23 heavy (non-hydrogen) atoms. The highest BCUT2D eigenvalue weighted by Crippen LogP contribution is 2.29. The molecule has 0 unspecified atom stereocenters. The molecule has 112 valence electrons. The highest BCUT2D eigenvalue weighted by atomic mass is 16.3. The fraction of sp³-hybridized carbons (Fsp3) is 0. The van der Waals surface area contributed by atoms with Gasteiger partial charge in [0.25, 0.3) is 5.56 Å². The van der Waals surface area contributed by atoms with Crippen LogP contribution in [0.25, 0.3) is 28.2 Å². The largest absolute Gasteiger partial charge is 0.506 e. The molecule has 2 aromatic carbocycles. The number of fused-ring (bicyclic) bond motifs is 2. The van der Waals surface area contributed by atoms with Crippen molar-refractivity contribution in [2.45, 2.75) is 0 Å². The first kappa shape index (κ1) is 13.2. The summed E-state index contributed by atoms with van der Waals surface area (Å²) in [5, 5.41) is 10.2. The summed E-state index contributed by atoms with van der Waals surface area (Å²) in [5.41, 5.74) is 0.243. The third-order valence-electron chi connectivity index (χ3n) is 3.54. The van der Waals surface area contributed by atoms with Crippen molar-refractivity contribution in [2.75, 3.05) is 0 Å². The zero-order valence-electron chi connectivity index (χ0n) is 11.7. The van der Waals surface area contributed by atoms with Gasteiger partial charge in [0.05, 0.1) is 16.7 Å². The number of aromatic nitrogens is 4. The quantitative estimate of drug-likeness (QED) is 0.516. The second-order valence-electron chi connectivity index (χ2n) is 4.97. The van der Waals surface area contributed by atoms with Crippen molar-refractivity contribution in [2.24, 2.45) is 0 Å². The Kier molecular flexibility index (Phi) is 2.74. The van der Waals surface area contributed by atoms with Crippen LogP contribution in [0.3, 0.4) is 0 Å². The van der Waals surface area contributed by atoms with Crippen LogP contribution < -0.4 is 11.2 Å². The number of nitrogens with zero attached hydrogens (tertiary/aromatic N) is 3. The second kappa shape index (κ2) is 4.77. The molecule has 0 saturated carbocycles. The SMILES string of the molecule is O=c1nc2n(-c3ccccc3O)c3ccccc3nc-2c(=O)[nH]1. The average Bonchev–Trinajstić information content (AvgIpc) is 2.54. The van der Waals surface area contributed by atoms with Gasteiger partial charge in [0.1, 0.15) is 5.75 Å². The molecule has 2 N–H and O–H groups in total. The molecule has 0 bridgehead atoms. The lowest BCUT2D eigenvalue weighted by Gasteiger charge is -2.17. The van der Waals surface area contributed by atoms with Gasteiger partial charge in [0.2, 0.25) is 0 Å². The maximum atomic E-state index is 12.1. The Bertz CT molecular complexity index is 1130. The number of phenolic OH excluding ortho intramolecular Hbond substituents is 1. The second-order valence-corrected chi connectivity index (χ2v) is 4.97. The van der Waals surface area contributed by atoms with E-state index in [1.54, 1.807) is 47.0 Å². The van der Waals surface area contributed by atoms with Crippen LogP contribution in [0.4, 0.5) is 0 Å². The van der Waals surface area contributed by atoms with Crippen LogP contribution in [-0.4, -0.2) is 24.6 Å². The van der Waals surface area contributed by atoms with E-state index in [-0.39, 0.29) is 17.3 Å². The number of H-pyrrole nitrogens is 1. The summed E-state index contributed by atoms with van der Waals surface area (Å²) in [7, 11) is 0. The zero-order chi connectivity index (χ0) is 16.0. The van der Waals surface area contributed by atoms with Crippen LogP contribution in [0, 0.1) is 0 Å². The van der Waals surface area contributed by atoms with Crippen molar-refractivity contribution in [3.8, 4) is 23.0 Å². The Labute approximate surface area is 128 Å². The summed E-state index contributed by atoms with van der Waals surface area (Å²) in [5.74, 6) is 0.101. The van der Waals surface area contributed by atoms with E-state index in [4.69, 9.17) is 0 Å². The molecular formula is C16H10N4O3. The lowest BCUT2D eigenvalue weighted by atomic mass is 10.2. The number of hydrogen-bond acceptors (Lipinski definition) is 5. The van der Waals surface area contributed by atoms with Gasteiger partial charge in [-0.05, 0) is 24.3 Å². The Morgan fingerprint density at radius 3 is 2.52 bits per heavy atom. The van der Waals surface area contributed by atoms with Crippen LogP contribution in [0.5, 0.6) is 5.75 Å². The maximum Gasteiger partial charge on any atom is 0.349 e. The van der Waals surface area contributed by atoms with Crippen molar-refractivity contribution < 1.29 is 5.11 Å². The molecule has 0 saturated heterocycles. The van der Waals surface area contributed by atoms with Gasteiger partial charge in [-0.15, -0.1) is 0 Å². The first-order valence-corrected chi connectivity index (χ1v) is 6.85. The molecule has 0 spiro atoms. The summed E-state index contributed by atoms with van der Waals surface area (Å²) in [6.07, 6.45) is 0. The van der Waals surface area contributed by atoms with E-state index in [0.29, 0.717) is 16.7 Å². The molecule has 0 aromatic heterocycles. The summed E-state index contributed by atoms with van der Waals surface area (Å²) < 4.78 is 1.56. The number of hydrogen-bond donors (Lipinski definition) is 2. The maximum absolute atomic E-state index is 12.1. The molecule has 0 amide bonds. The summed E-state index contributed by atoms with van der Waals surface area (Å²) >= 11 is 0. The van der Waals surface area contributed by atoms with E-state index in [1.165, 1.54) is 6.07 Å².